The summed E-state index contributed by atoms with van der Waals surface area (Å²) in [5, 5.41) is 3.34. The zero-order chi connectivity index (χ0) is 16.9. The van der Waals surface area contributed by atoms with Crippen molar-refractivity contribution < 1.29 is 4.79 Å². The number of hydrogen-bond acceptors (Lipinski definition) is 3. The first-order valence-corrected chi connectivity index (χ1v) is 8.68. The van der Waals surface area contributed by atoms with Crippen LogP contribution in [-0.2, 0) is 6.54 Å². The third-order valence-corrected chi connectivity index (χ3v) is 4.72. The van der Waals surface area contributed by atoms with Crippen molar-refractivity contribution in [1.29, 1.82) is 0 Å². The number of rotatable bonds is 4. The third kappa shape index (κ3) is 4.06. The Balaban J connectivity index is 1.61. The molecule has 2 aromatic rings. The summed E-state index contributed by atoms with van der Waals surface area (Å²) in [6.07, 6.45) is 9.57. The molecule has 6 nitrogen and oxygen atoms in total. The minimum atomic E-state index is -0.0637. The van der Waals surface area contributed by atoms with Crippen LogP contribution < -0.4 is 5.32 Å². The van der Waals surface area contributed by atoms with E-state index in [0.717, 1.165) is 38.2 Å². The van der Waals surface area contributed by atoms with Crippen LogP contribution in [0, 0.1) is 6.92 Å². The monoisotopic (exact) mass is 347 g/mol. The lowest BCUT2D eigenvalue weighted by atomic mass is 9.99. The molecule has 1 aliphatic heterocycles. The minimum absolute atomic E-state index is 0.0637. The molecule has 7 heteroatoms. The molecule has 0 saturated carbocycles. The van der Waals surface area contributed by atoms with Gasteiger partial charge >= 0.3 is 6.03 Å². The molecule has 3 rings (SSSR count). The summed E-state index contributed by atoms with van der Waals surface area (Å²) in [5.74, 6) is 1.01. The number of carbonyl (C=O) groups is 1. The molecule has 0 radical (unpaired) electrons. The van der Waals surface area contributed by atoms with Gasteiger partial charge in [0.1, 0.15) is 11.0 Å². The number of aromatic nitrogens is 3. The van der Waals surface area contributed by atoms with Crippen molar-refractivity contribution in [3.05, 3.63) is 41.7 Å². The van der Waals surface area contributed by atoms with E-state index in [1.165, 1.54) is 6.42 Å². The number of pyridine rings is 1. The molecular weight excluding hydrogens is 326 g/mol. The van der Waals surface area contributed by atoms with Gasteiger partial charge in [0.15, 0.2) is 0 Å². The van der Waals surface area contributed by atoms with Crippen LogP contribution in [0.3, 0.4) is 0 Å². The van der Waals surface area contributed by atoms with Gasteiger partial charge in [0.05, 0.1) is 11.9 Å². The van der Waals surface area contributed by atoms with E-state index >= 15 is 0 Å². The zero-order valence-electron chi connectivity index (χ0n) is 13.8. The van der Waals surface area contributed by atoms with Gasteiger partial charge in [-0.2, -0.15) is 0 Å². The third-order valence-electron chi connectivity index (χ3n) is 4.49. The highest BCUT2D eigenvalue weighted by molar-refractivity contribution is 6.29. The predicted molar refractivity (Wildman–Crippen MR) is 94.2 cm³/mol. The summed E-state index contributed by atoms with van der Waals surface area (Å²) in [7, 11) is 0. The molecule has 0 aliphatic carbocycles. The summed E-state index contributed by atoms with van der Waals surface area (Å²) in [5.41, 5.74) is 0.666. The first kappa shape index (κ1) is 16.8. The lowest BCUT2D eigenvalue weighted by Gasteiger charge is -2.36. The maximum atomic E-state index is 12.6. The van der Waals surface area contributed by atoms with Crippen molar-refractivity contribution in [3.8, 4) is 0 Å². The average molecular weight is 348 g/mol. The van der Waals surface area contributed by atoms with E-state index in [-0.39, 0.29) is 12.1 Å². The number of halogens is 1. The summed E-state index contributed by atoms with van der Waals surface area (Å²) >= 11 is 5.78. The highest BCUT2D eigenvalue weighted by Gasteiger charge is 2.26. The number of urea groups is 1. The number of hydrogen-bond donors (Lipinski definition) is 1. The summed E-state index contributed by atoms with van der Waals surface area (Å²) < 4.78 is 2.13. The Morgan fingerprint density at radius 3 is 2.96 bits per heavy atom. The SMILES string of the molecule is Cc1nccn1CCC1CCCCN1C(=O)Nc1ccc(Cl)nc1. The summed E-state index contributed by atoms with van der Waals surface area (Å²) in [6, 6.07) is 3.63. The van der Waals surface area contributed by atoms with Crippen LogP contribution >= 0.6 is 11.6 Å². The van der Waals surface area contributed by atoms with Crippen LogP contribution in [0.25, 0.3) is 0 Å². The van der Waals surface area contributed by atoms with Crippen molar-refractivity contribution in [2.75, 3.05) is 11.9 Å². The molecule has 2 amide bonds. The molecule has 24 heavy (non-hydrogen) atoms. The first-order chi connectivity index (χ1) is 11.6. The van der Waals surface area contributed by atoms with Gasteiger partial charge in [-0.05, 0) is 44.7 Å². The first-order valence-electron chi connectivity index (χ1n) is 8.30. The molecule has 2 aromatic heterocycles. The van der Waals surface area contributed by atoms with Gasteiger partial charge in [0.25, 0.3) is 0 Å². The molecule has 128 valence electrons. The number of imidazole rings is 1. The maximum Gasteiger partial charge on any atom is 0.322 e. The van der Waals surface area contributed by atoms with Crippen LogP contribution in [0.15, 0.2) is 30.7 Å². The standard InChI is InChI=1S/C17H22ClN5O/c1-13-19-8-11-22(13)10-7-15-4-2-3-9-23(15)17(24)21-14-5-6-16(18)20-12-14/h5-6,8,11-12,15H,2-4,7,9-10H2,1H3,(H,21,24). The number of likely N-dealkylation sites (tertiary alicyclic amines) is 1. The highest BCUT2D eigenvalue weighted by Crippen LogP contribution is 2.22. The van der Waals surface area contributed by atoms with Gasteiger partial charge in [-0.1, -0.05) is 11.6 Å². The van der Waals surface area contributed by atoms with E-state index in [0.29, 0.717) is 10.8 Å². The molecule has 1 fully saturated rings. The number of nitrogens with zero attached hydrogens (tertiary/aromatic N) is 4. The largest absolute Gasteiger partial charge is 0.335 e. The Morgan fingerprint density at radius 1 is 1.38 bits per heavy atom. The van der Waals surface area contributed by atoms with Crippen molar-refractivity contribution >= 4 is 23.3 Å². The Kier molecular flexibility index (Phi) is 5.35. The van der Waals surface area contributed by atoms with Crippen molar-refractivity contribution in [1.82, 2.24) is 19.4 Å². The highest BCUT2D eigenvalue weighted by atomic mass is 35.5. The van der Waals surface area contributed by atoms with E-state index in [4.69, 9.17) is 11.6 Å². The molecule has 1 atom stereocenters. The number of carbonyl (C=O) groups excluding carboxylic acids is 1. The van der Waals surface area contributed by atoms with Crippen LogP contribution in [0.1, 0.15) is 31.5 Å². The van der Waals surface area contributed by atoms with E-state index in [2.05, 4.69) is 19.9 Å². The second-order valence-corrected chi connectivity index (χ2v) is 6.49. The van der Waals surface area contributed by atoms with Gasteiger partial charge < -0.3 is 14.8 Å². The fourth-order valence-corrected chi connectivity index (χ4v) is 3.25. The Labute approximate surface area is 146 Å². The maximum absolute atomic E-state index is 12.6. The molecule has 0 aromatic carbocycles. The van der Waals surface area contributed by atoms with Gasteiger partial charge in [-0.15, -0.1) is 0 Å². The molecule has 0 bridgehead atoms. The van der Waals surface area contributed by atoms with Crippen LogP contribution in [0.4, 0.5) is 10.5 Å². The van der Waals surface area contributed by atoms with Crippen molar-refractivity contribution in [3.63, 3.8) is 0 Å². The quantitative estimate of drug-likeness (QED) is 0.857. The van der Waals surface area contributed by atoms with Gasteiger partial charge in [-0.25, -0.2) is 14.8 Å². The van der Waals surface area contributed by atoms with E-state index in [1.54, 1.807) is 18.3 Å². The molecule has 1 saturated heterocycles. The topological polar surface area (TPSA) is 63.1 Å². The van der Waals surface area contributed by atoms with Crippen molar-refractivity contribution in [2.24, 2.45) is 0 Å². The Bertz CT molecular complexity index is 685. The van der Waals surface area contributed by atoms with Crippen molar-refractivity contribution in [2.45, 2.75) is 45.2 Å². The van der Waals surface area contributed by atoms with Crippen LogP contribution in [0.2, 0.25) is 5.15 Å². The number of piperidine rings is 1. The lowest BCUT2D eigenvalue weighted by Crippen LogP contribution is -2.46. The number of aryl methyl sites for hydroxylation is 2. The average Bonchev–Trinajstić information content (AvgIpc) is 3.00. The molecule has 0 spiro atoms. The number of nitrogens with one attached hydrogen (secondary N) is 1. The second-order valence-electron chi connectivity index (χ2n) is 6.10. The Hall–Kier alpha value is -2.08. The number of anilines is 1. The fourth-order valence-electron chi connectivity index (χ4n) is 3.14. The van der Waals surface area contributed by atoms with E-state index in [9.17, 15) is 4.79 Å². The van der Waals surface area contributed by atoms with E-state index < -0.39 is 0 Å². The fraction of sp³-hybridized carbons (Fsp3) is 0.471. The lowest BCUT2D eigenvalue weighted by molar-refractivity contribution is 0.155. The molecule has 1 aliphatic rings. The number of amides is 2. The summed E-state index contributed by atoms with van der Waals surface area (Å²) in [4.78, 5) is 22.8. The van der Waals surface area contributed by atoms with Crippen LogP contribution in [0.5, 0.6) is 0 Å². The second kappa shape index (κ2) is 7.66. The zero-order valence-corrected chi connectivity index (χ0v) is 14.5. The predicted octanol–water partition coefficient (Wildman–Crippen LogP) is 3.72. The Morgan fingerprint density at radius 2 is 2.25 bits per heavy atom. The normalized spacial score (nSPS) is 17.8. The van der Waals surface area contributed by atoms with Gasteiger partial charge in [0.2, 0.25) is 0 Å². The smallest absolute Gasteiger partial charge is 0.322 e. The van der Waals surface area contributed by atoms with Gasteiger partial charge in [0, 0.05) is 31.5 Å². The molecule has 1 unspecified atom stereocenters. The molecule has 3 heterocycles. The molecular formula is C17H22ClN5O. The molecule has 1 N–H and O–H groups in total. The summed E-state index contributed by atoms with van der Waals surface area (Å²) in [6.45, 7) is 3.67. The van der Waals surface area contributed by atoms with Crippen LogP contribution in [-0.4, -0.2) is 38.1 Å². The van der Waals surface area contributed by atoms with Gasteiger partial charge in [-0.3, -0.25) is 0 Å². The van der Waals surface area contributed by atoms with E-state index in [1.807, 2.05) is 24.2 Å². The minimum Gasteiger partial charge on any atom is -0.335 e.